The van der Waals surface area contributed by atoms with E-state index < -0.39 is 5.82 Å². The Morgan fingerprint density at radius 2 is 1.68 bits per heavy atom. The Bertz CT molecular complexity index is 1410. The van der Waals surface area contributed by atoms with Gasteiger partial charge in [-0.3, -0.25) is 0 Å². The highest BCUT2D eigenvalue weighted by atomic mass is 19.1. The third kappa shape index (κ3) is 6.71. The lowest BCUT2D eigenvalue weighted by Crippen LogP contribution is -2.43. The van der Waals surface area contributed by atoms with Gasteiger partial charge in [-0.25, -0.2) is 14.4 Å². The van der Waals surface area contributed by atoms with Gasteiger partial charge >= 0.3 is 0 Å². The van der Waals surface area contributed by atoms with Crippen molar-refractivity contribution in [3.8, 4) is 11.6 Å². The minimum atomic E-state index is -0.511. The largest absolute Gasteiger partial charge is 0.435 e. The summed E-state index contributed by atoms with van der Waals surface area (Å²) in [4.78, 5) is 25.0. The minimum absolute atomic E-state index is 0.00340. The number of piperazine rings is 2. The summed E-state index contributed by atoms with van der Waals surface area (Å²) in [7, 11) is 0. The molecule has 0 aliphatic carbocycles. The Morgan fingerprint density at radius 1 is 0.975 bits per heavy atom. The quantitative estimate of drug-likeness (QED) is 0.219. The normalized spacial score (nSPS) is 15.3. The highest BCUT2D eigenvalue weighted by Gasteiger charge is 2.18. The fourth-order valence-electron chi connectivity index (χ4n) is 4.69. The van der Waals surface area contributed by atoms with Crippen LogP contribution in [0.3, 0.4) is 0 Å². The molecule has 0 atom stereocenters. The van der Waals surface area contributed by atoms with E-state index in [1.165, 1.54) is 12.4 Å². The molecule has 40 heavy (non-hydrogen) atoms. The first-order chi connectivity index (χ1) is 19.6. The number of anilines is 3. The van der Waals surface area contributed by atoms with Crippen LogP contribution in [0.25, 0.3) is 10.9 Å². The summed E-state index contributed by atoms with van der Waals surface area (Å²) in [5, 5.41) is 16.4. The molecule has 6 rings (SSSR count). The van der Waals surface area contributed by atoms with Crippen LogP contribution in [0.1, 0.15) is 11.3 Å². The molecule has 2 aliphatic rings. The molecule has 4 aromatic rings. The van der Waals surface area contributed by atoms with Crippen molar-refractivity contribution >= 4 is 28.1 Å². The third-order valence-corrected chi connectivity index (χ3v) is 6.74. The van der Waals surface area contributed by atoms with E-state index in [1.807, 2.05) is 31.2 Å². The number of halogens is 1. The van der Waals surface area contributed by atoms with Gasteiger partial charge < -0.3 is 35.9 Å². The average molecular weight is 548 g/mol. The number of hydrogen-bond acceptors (Lipinski definition) is 10. The zero-order chi connectivity index (χ0) is 27.7. The fraction of sp³-hybridized carbons (Fsp3) is 0.357. The van der Waals surface area contributed by atoms with E-state index >= 15 is 4.39 Å². The second-order valence-corrected chi connectivity index (χ2v) is 9.60. The van der Waals surface area contributed by atoms with E-state index in [-0.39, 0.29) is 18.2 Å². The molecule has 2 saturated heterocycles. The number of fused-ring (bicyclic) bond motifs is 1. The van der Waals surface area contributed by atoms with Crippen molar-refractivity contribution in [1.82, 2.24) is 30.9 Å². The first-order valence-electron chi connectivity index (χ1n) is 13.4. The van der Waals surface area contributed by atoms with E-state index in [0.717, 1.165) is 69.4 Å². The van der Waals surface area contributed by atoms with Crippen LogP contribution >= 0.6 is 0 Å². The van der Waals surface area contributed by atoms with Gasteiger partial charge in [0, 0.05) is 80.3 Å². The average Bonchev–Trinajstić information content (AvgIpc) is 3.39. The predicted molar refractivity (Wildman–Crippen MR) is 155 cm³/mol. The predicted octanol–water partition coefficient (Wildman–Crippen LogP) is 3.80. The molecule has 2 aromatic carbocycles. The van der Waals surface area contributed by atoms with Crippen LogP contribution in [0.15, 0.2) is 54.0 Å². The van der Waals surface area contributed by atoms with Crippen LogP contribution in [-0.4, -0.2) is 67.3 Å². The highest BCUT2D eigenvalue weighted by molar-refractivity contribution is 5.82. The van der Waals surface area contributed by atoms with Gasteiger partial charge in [-0.05, 0) is 49.4 Å². The summed E-state index contributed by atoms with van der Waals surface area (Å²) in [5.41, 5.74) is 3.78. The number of aryl methyl sites for hydroxylation is 1. The summed E-state index contributed by atoms with van der Waals surface area (Å²) < 4.78 is 20.8. The second-order valence-electron chi connectivity index (χ2n) is 9.60. The Morgan fingerprint density at radius 3 is 2.35 bits per heavy atom. The van der Waals surface area contributed by atoms with E-state index in [2.05, 4.69) is 46.3 Å². The van der Waals surface area contributed by atoms with Crippen LogP contribution in [0.5, 0.6) is 11.6 Å². The summed E-state index contributed by atoms with van der Waals surface area (Å²) in [5.74, 6) is -0.0642. The zero-order valence-electron chi connectivity index (χ0n) is 22.5. The van der Waals surface area contributed by atoms with E-state index in [9.17, 15) is 4.91 Å². The van der Waals surface area contributed by atoms with Crippen LogP contribution in [0, 0.1) is 17.6 Å². The van der Waals surface area contributed by atoms with Crippen molar-refractivity contribution < 1.29 is 9.13 Å². The van der Waals surface area contributed by atoms with Gasteiger partial charge in [-0.15, -0.1) is 0 Å². The molecule has 0 radical (unpaired) electrons. The number of aromatic amines is 1. The van der Waals surface area contributed by atoms with Gasteiger partial charge in [0.05, 0.1) is 5.56 Å². The lowest BCUT2D eigenvalue weighted by molar-refractivity contribution is 0.425. The SMILES string of the molecule is C1CNCCN1.Cc1cc2c(F)c(Oc3ncnc(Nc4ccc(N5CCNCC5)cc4)c3CN=O)ccc2[nH]1. The molecule has 4 heterocycles. The van der Waals surface area contributed by atoms with Crippen molar-refractivity contribution in [3.05, 3.63) is 70.8 Å². The van der Waals surface area contributed by atoms with Crippen molar-refractivity contribution in [1.29, 1.82) is 0 Å². The molecule has 0 unspecified atom stereocenters. The first kappa shape index (κ1) is 27.4. The maximum absolute atomic E-state index is 15.0. The van der Waals surface area contributed by atoms with Gasteiger partial charge in [-0.2, -0.15) is 4.91 Å². The molecular weight excluding hydrogens is 513 g/mol. The van der Waals surface area contributed by atoms with Gasteiger partial charge in [0.25, 0.3) is 0 Å². The number of rotatable bonds is 7. The molecule has 2 fully saturated rings. The van der Waals surface area contributed by atoms with Crippen LogP contribution < -0.4 is 30.9 Å². The number of H-pyrrole nitrogens is 1. The Labute approximate surface area is 231 Å². The number of ether oxygens (including phenoxy) is 1. The summed E-state index contributed by atoms with van der Waals surface area (Å²) in [6.45, 7) is 10.0. The van der Waals surface area contributed by atoms with Crippen LogP contribution in [0.4, 0.5) is 21.6 Å². The van der Waals surface area contributed by atoms with E-state index in [0.29, 0.717) is 22.3 Å². The molecule has 5 N–H and O–H groups in total. The highest BCUT2D eigenvalue weighted by Crippen LogP contribution is 2.34. The standard InChI is InChI=1S/C24H24FN7O2.C4H10N2/c1-15-12-18-20(30-15)6-7-21(22(18)25)34-24-19(13-29-33)23(27-14-28-24)31-16-2-4-17(5-3-16)32-10-8-26-9-11-32;1-2-6-4-3-5-1/h2-7,12,14,26,30H,8-11,13H2,1H3,(H,27,28,31);5-6H,1-4H2. The molecule has 11 nitrogen and oxygen atoms in total. The Balaban J connectivity index is 0.000000477. The Kier molecular flexibility index (Phi) is 9.11. The van der Waals surface area contributed by atoms with Gasteiger partial charge in [0.15, 0.2) is 11.6 Å². The summed E-state index contributed by atoms with van der Waals surface area (Å²) in [6.07, 6.45) is 1.30. The third-order valence-electron chi connectivity index (χ3n) is 6.74. The summed E-state index contributed by atoms with van der Waals surface area (Å²) >= 11 is 0. The number of nitroso groups, excluding NO2 is 1. The smallest absolute Gasteiger partial charge is 0.229 e. The molecular formula is C28H34FN9O2. The van der Waals surface area contributed by atoms with Gasteiger partial charge in [-0.1, -0.05) is 5.18 Å². The zero-order valence-corrected chi connectivity index (χ0v) is 22.5. The number of benzene rings is 2. The molecule has 210 valence electrons. The van der Waals surface area contributed by atoms with Gasteiger partial charge in [0.1, 0.15) is 18.7 Å². The van der Waals surface area contributed by atoms with Crippen molar-refractivity contribution in [3.63, 3.8) is 0 Å². The Hall–Kier alpha value is -4.13. The molecule has 0 saturated carbocycles. The molecule has 12 heteroatoms. The molecule has 2 aromatic heterocycles. The van der Waals surface area contributed by atoms with Crippen LogP contribution in [-0.2, 0) is 6.54 Å². The summed E-state index contributed by atoms with van der Waals surface area (Å²) in [6, 6.07) is 12.9. The molecule has 0 bridgehead atoms. The fourth-order valence-corrected chi connectivity index (χ4v) is 4.69. The number of nitrogens with one attached hydrogen (secondary N) is 5. The number of aromatic nitrogens is 3. The van der Waals surface area contributed by atoms with E-state index in [1.54, 1.807) is 12.1 Å². The monoisotopic (exact) mass is 547 g/mol. The van der Waals surface area contributed by atoms with Gasteiger partial charge in [0.2, 0.25) is 5.88 Å². The second kappa shape index (κ2) is 13.3. The lowest BCUT2D eigenvalue weighted by atomic mass is 10.2. The van der Waals surface area contributed by atoms with E-state index in [4.69, 9.17) is 4.74 Å². The lowest BCUT2D eigenvalue weighted by Gasteiger charge is -2.29. The number of hydrogen-bond donors (Lipinski definition) is 5. The van der Waals surface area contributed by atoms with Crippen molar-refractivity contribution in [2.24, 2.45) is 5.18 Å². The maximum Gasteiger partial charge on any atom is 0.229 e. The topological polar surface area (TPSA) is 132 Å². The molecule has 0 spiro atoms. The number of nitrogens with zero attached hydrogens (tertiary/aromatic N) is 4. The molecule has 2 aliphatic heterocycles. The maximum atomic E-state index is 15.0. The van der Waals surface area contributed by atoms with Crippen molar-refractivity contribution in [2.75, 3.05) is 62.6 Å². The molecule has 0 amide bonds. The van der Waals surface area contributed by atoms with Crippen LogP contribution in [0.2, 0.25) is 0 Å². The van der Waals surface area contributed by atoms with Crippen molar-refractivity contribution in [2.45, 2.75) is 13.5 Å². The first-order valence-corrected chi connectivity index (χ1v) is 13.4. The minimum Gasteiger partial charge on any atom is -0.435 e.